The zero-order chi connectivity index (χ0) is 12.8. The number of rotatable bonds is 4. The van der Waals surface area contributed by atoms with Gasteiger partial charge in [0.05, 0.1) is 11.5 Å². The molecule has 3 nitrogen and oxygen atoms in total. The molecule has 1 aliphatic heterocycles. The van der Waals surface area contributed by atoms with Gasteiger partial charge in [-0.15, -0.1) is 18.3 Å². The van der Waals surface area contributed by atoms with E-state index in [-0.39, 0.29) is 5.91 Å². The standard InChI is InChI=1S/C14H19NO2S/c1-2-3-6-14(16)15-8-7-13(18-11-9-15)12-5-4-10-17-12/h2,4-5,10,13H,1,3,6-9,11H2/t13-/m0/s1. The lowest BCUT2D eigenvalue weighted by atomic mass is 10.2. The molecule has 0 unspecified atom stereocenters. The van der Waals surface area contributed by atoms with E-state index in [0.29, 0.717) is 11.7 Å². The highest BCUT2D eigenvalue weighted by atomic mass is 32.2. The summed E-state index contributed by atoms with van der Waals surface area (Å²) in [6.45, 7) is 5.33. The first-order valence-electron chi connectivity index (χ1n) is 6.35. The molecule has 1 atom stereocenters. The van der Waals surface area contributed by atoms with Crippen LogP contribution in [0.5, 0.6) is 0 Å². The molecule has 0 saturated carbocycles. The summed E-state index contributed by atoms with van der Waals surface area (Å²) in [5.74, 6) is 2.25. The van der Waals surface area contributed by atoms with Crippen LogP contribution < -0.4 is 0 Å². The summed E-state index contributed by atoms with van der Waals surface area (Å²) in [5.41, 5.74) is 0. The summed E-state index contributed by atoms with van der Waals surface area (Å²) < 4.78 is 5.45. The Morgan fingerprint density at radius 1 is 1.61 bits per heavy atom. The monoisotopic (exact) mass is 265 g/mol. The zero-order valence-corrected chi connectivity index (χ0v) is 11.3. The van der Waals surface area contributed by atoms with Gasteiger partial charge in [0.25, 0.3) is 0 Å². The topological polar surface area (TPSA) is 33.5 Å². The highest BCUT2D eigenvalue weighted by Crippen LogP contribution is 2.34. The molecule has 98 valence electrons. The van der Waals surface area contributed by atoms with Crippen molar-refractivity contribution >= 4 is 17.7 Å². The minimum atomic E-state index is 0.246. The molecule has 0 radical (unpaired) electrons. The molecule has 2 heterocycles. The highest BCUT2D eigenvalue weighted by molar-refractivity contribution is 7.99. The molecule has 1 saturated heterocycles. The second kappa shape index (κ2) is 6.69. The van der Waals surface area contributed by atoms with E-state index in [1.807, 2.05) is 28.8 Å². The van der Waals surface area contributed by atoms with Crippen LogP contribution >= 0.6 is 11.8 Å². The Hall–Kier alpha value is -1.16. The van der Waals surface area contributed by atoms with E-state index in [4.69, 9.17) is 4.42 Å². The fourth-order valence-corrected chi connectivity index (χ4v) is 3.29. The van der Waals surface area contributed by atoms with Crippen LogP contribution in [0.2, 0.25) is 0 Å². The molecule has 0 spiro atoms. The molecule has 0 aliphatic carbocycles. The maximum atomic E-state index is 11.9. The number of hydrogen-bond acceptors (Lipinski definition) is 3. The van der Waals surface area contributed by atoms with Crippen molar-refractivity contribution in [2.24, 2.45) is 0 Å². The number of carbonyl (C=O) groups excluding carboxylic acids is 1. The summed E-state index contributed by atoms with van der Waals surface area (Å²) >= 11 is 1.88. The number of hydrogen-bond donors (Lipinski definition) is 0. The molecule has 4 heteroatoms. The molecule has 18 heavy (non-hydrogen) atoms. The number of thioether (sulfide) groups is 1. The van der Waals surface area contributed by atoms with Crippen LogP contribution in [0.1, 0.15) is 30.3 Å². The third-order valence-electron chi connectivity index (χ3n) is 3.12. The maximum absolute atomic E-state index is 11.9. The number of nitrogens with zero attached hydrogens (tertiary/aromatic N) is 1. The molecule has 1 aromatic heterocycles. The van der Waals surface area contributed by atoms with Gasteiger partial charge in [-0.3, -0.25) is 4.79 Å². The summed E-state index contributed by atoms with van der Waals surface area (Å²) in [6, 6.07) is 3.95. The van der Waals surface area contributed by atoms with Crippen LogP contribution in [0.15, 0.2) is 35.5 Å². The Labute approximate surface area is 112 Å². The van der Waals surface area contributed by atoms with Crippen LogP contribution in [-0.2, 0) is 4.79 Å². The second-order valence-corrected chi connectivity index (χ2v) is 5.68. The molecular weight excluding hydrogens is 246 g/mol. The predicted molar refractivity (Wildman–Crippen MR) is 74.5 cm³/mol. The SMILES string of the molecule is C=CCCC(=O)N1CCS[C@H](c2ccco2)CC1. The van der Waals surface area contributed by atoms with Gasteiger partial charge in [-0.1, -0.05) is 6.08 Å². The van der Waals surface area contributed by atoms with Crippen molar-refractivity contribution in [1.29, 1.82) is 0 Å². The van der Waals surface area contributed by atoms with Crippen LogP contribution in [-0.4, -0.2) is 29.6 Å². The van der Waals surface area contributed by atoms with Crippen molar-refractivity contribution in [1.82, 2.24) is 4.90 Å². The molecule has 0 bridgehead atoms. The maximum Gasteiger partial charge on any atom is 0.222 e. The van der Waals surface area contributed by atoms with Crippen molar-refractivity contribution in [2.45, 2.75) is 24.5 Å². The average molecular weight is 265 g/mol. The molecule has 1 fully saturated rings. The van der Waals surface area contributed by atoms with Gasteiger partial charge in [-0.2, -0.15) is 0 Å². The van der Waals surface area contributed by atoms with E-state index in [0.717, 1.165) is 37.4 Å². The van der Waals surface area contributed by atoms with Crippen LogP contribution in [0.3, 0.4) is 0 Å². The van der Waals surface area contributed by atoms with Gasteiger partial charge in [-0.05, 0) is 25.0 Å². The molecule has 2 rings (SSSR count). The van der Waals surface area contributed by atoms with Gasteiger partial charge in [0, 0.05) is 25.3 Å². The lowest BCUT2D eigenvalue weighted by molar-refractivity contribution is -0.130. The molecule has 1 aromatic rings. The number of carbonyl (C=O) groups is 1. The minimum absolute atomic E-state index is 0.246. The summed E-state index contributed by atoms with van der Waals surface area (Å²) in [7, 11) is 0. The van der Waals surface area contributed by atoms with Crippen LogP contribution in [0.25, 0.3) is 0 Å². The minimum Gasteiger partial charge on any atom is -0.468 e. The largest absolute Gasteiger partial charge is 0.468 e. The van der Waals surface area contributed by atoms with E-state index in [1.165, 1.54) is 0 Å². The summed E-state index contributed by atoms with van der Waals surface area (Å²) in [6.07, 6.45) is 5.84. The normalized spacial score (nSPS) is 20.4. The van der Waals surface area contributed by atoms with Gasteiger partial charge in [-0.25, -0.2) is 0 Å². The van der Waals surface area contributed by atoms with E-state index >= 15 is 0 Å². The Morgan fingerprint density at radius 3 is 3.22 bits per heavy atom. The zero-order valence-electron chi connectivity index (χ0n) is 10.5. The van der Waals surface area contributed by atoms with Crippen LogP contribution in [0.4, 0.5) is 0 Å². The van der Waals surface area contributed by atoms with Crippen molar-refractivity contribution < 1.29 is 9.21 Å². The smallest absolute Gasteiger partial charge is 0.222 e. The van der Waals surface area contributed by atoms with E-state index in [2.05, 4.69) is 6.58 Å². The third-order valence-corrected chi connectivity index (χ3v) is 4.41. The number of furan rings is 1. The van der Waals surface area contributed by atoms with Crippen molar-refractivity contribution in [2.75, 3.05) is 18.8 Å². The number of allylic oxidation sites excluding steroid dienone is 1. The van der Waals surface area contributed by atoms with Gasteiger partial charge < -0.3 is 9.32 Å². The fourth-order valence-electron chi connectivity index (χ4n) is 2.11. The second-order valence-electron chi connectivity index (χ2n) is 4.37. The highest BCUT2D eigenvalue weighted by Gasteiger charge is 2.22. The van der Waals surface area contributed by atoms with Gasteiger partial charge in [0.2, 0.25) is 5.91 Å². The van der Waals surface area contributed by atoms with Crippen molar-refractivity contribution in [3.63, 3.8) is 0 Å². The lowest BCUT2D eigenvalue weighted by Crippen LogP contribution is -2.32. The average Bonchev–Trinajstić information content (AvgIpc) is 2.80. The Balaban J connectivity index is 1.88. The van der Waals surface area contributed by atoms with Gasteiger partial charge >= 0.3 is 0 Å². The Bertz CT molecular complexity index is 389. The molecule has 1 amide bonds. The third kappa shape index (κ3) is 3.42. The van der Waals surface area contributed by atoms with Gasteiger partial charge in [0.15, 0.2) is 0 Å². The quantitative estimate of drug-likeness (QED) is 0.784. The molecule has 0 N–H and O–H groups in total. The van der Waals surface area contributed by atoms with Crippen molar-refractivity contribution in [3.05, 3.63) is 36.8 Å². The molecule has 0 aromatic carbocycles. The first kappa shape index (κ1) is 13.3. The number of amides is 1. The van der Waals surface area contributed by atoms with Crippen molar-refractivity contribution in [3.8, 4) is 0 Å². The van der Waals surface area contributed by atoms with Gasteiger partial charge in [0.1, 0.15) is 5.76 Å². The predicted octanol–water partition coefficient (Wildman–Crippen LogP) is 3.25. The summed E-state index contributed by atoms with van der Waals surface area (Å²) in [4.78, 5) is 13.9. The van der Waals surface area contributed by atoms with E-state index < -0.39 is 0 Å². The Morgan fingerprint density at radius 2 is 2.50 bits per heavy atom. The first-order valence-corrected chi connectivity index (χ1v) is 7.40. The van der Waals surface area contributed by atoms with E-state index in [9.17, 15) is 4.79 Å². The summed E-state index contributed by atoms with van der Waals surface area (Å²) in [5, 5.41) is 0.386. The Kier molecular flexibility index (Phi) is 4.93. The lowest BCUT2D eigenvalue weighted by Gasteiger charge is -2.19. The van der Waals surface area contributed by atoms with E-state index in [1.54, 1.807) is 12.3 Å². The first-order chi connectivity index (χ1) is 8.81. The molecular formula is C14H19NO2S. The molecule has 1 aliphatic rings. The van der Waals surface area contributed by atoms with Crippen LogP contribution in [0, 0.1) is 0 Å². The fraction of sp³-hybridized carbons (Fsp3) is 0.500.